The summed E-state index contributed by atoms with van der Waals surface area (Å²) in [4.78, 5) is 31.2. The summed E-state index contributed by atoms with van der Waals surface area (Å²) in [7, 11) is 0. The Hall–Kier alpha value is -1.77. The fourth-order valence-corrected chi connectivity index (χ4v) is 6.69. The number of carbonyl (C=O) groups excluding carboxylic acids is 1. The van der Waals surface area contributed by atoms with Crippen LogP contribution in [0, 0.1) is 0 Å². The van der Waals surface area contributed by atoms with Gasteiger partial charge < -0.3 is 0 Å². The number of aromatic nitrogens is 2. The van der Waals surface area contributed by atoms with E-state index in [1.165, 1.54) is 41.2 Å². The van der Waals surface area contributed by atoms with E-state index in [2.05, 4.69) is 10.4 Å². The molecule has 3 aromatic rings. The van der Waals surface area contributed by atoms with Gasteiger partial charge in [-0.3, -0.25) is 15.0 Å². The van der Waals surface area contributed by atoms with Crippen LogP contribution in [0.3, 0.4) is 0 Å². The van der Waals surface area contributed by atoms with E-state index in [-0.39, 0.29) is 11.5 Å². The summed E-state index contributed by atoms with van der Waals surface area (Å²) >= 11 is 5.41. The molecule has 0 bridgehead atoms. The van der Waals surface area contributed by atoms with Crippen LogP contribution in [0.4, 0.5) is 0 Å². The zero-order valence-corrected chi connectivity index (χ0v) is 17.3. The average molecular weight is 418 g/mol. The Balaban J connectivity index is 1.52. The molecule has 27 heavy (non-hydrogen) atoms. The molecule has 0 atom stereocenters. The second kappa shape index (κ2) is 8.08. The molecule has 5 nitrogen and oxygen atoms in total. The Morgan fingerprint density at radius 2 is 2.00 bits per heavy atom. The number of hydrogen-bond acceptors (Lipinski definition) is 6. The Bertz CT molecular complexity index is 1020. The highest BCUT2D eigenvalue weighted by molar-refractivity contribution is 8.16. The summed E-state index contributed by atoms with van der Waals surface area (Å²) < 4.78 is 1.61. The van der Waals surface area contributed by atoms with Crippen LogP contribution in [0.15, 0.2) is 41.5 Å². The summed E-state index contributed by atoms with van der Waals surface area (Å²) in [5, 5.41) is 0.543. The fourth-order valence-electron chi connectivity index (χ4n) is 2.87. The van der Waals surface area contributed by atoms with Crippen molar-refractivity contribution in [1.29, 1.82) is 0 Å². The molecule has 1 N–H and O–H groups in total. The zero-order valence-electron chi connectivity index (χ0n) is 14.8. The second-order valence-electron chi connectivity index (χ2n) is 6.19. The third-order valence-electron chi connectivity index (χ3n) is 4.35. The summed E-state index contributed by atoms with van der Waals surface area (Å²) in [6.45, 7) is 2.04. The minimum atomic E-state index is -0.320. The summed E-state index contributed by atoms with van der Waals surface area (Å²) in [6.07, 6.45) is 3.49. The first-order chi connectivity index (χ1) is 13.2. The van der Waals surface area contributed by atoms with Crippen molar-refractivity contribution in [2.45, 2.75) is 24.3 Å². The van der Waals surface area contributed by atoms with Crippen molar-refractivity contribution in [3.63, 3.8) is 0 Å². The van der Waals surface area contributed by atoms with Crippen molar-refractivity contribution < 1.29 is 4.79 Å². The largest absolute Gasteiger partial charge is 0.280 e. The van der Waals surface area contributed by atoms with E-state index < -0.39 is 0 Å². The molecule has 2 aromatic heterocycles. The predicted octanol–water partition coefficient (Wildman–Crippen LogP) is 4.27. The number of nitrogens with zero attached hydrogens (tertiary/aromatic N) is 2. The van der Waals surface area contributed by atoms with Crippen molar-refractivity contribution >= 4 is 51.0 Å². The molecule has 0 saturated carbocycles. The number of thioether (sulfide) groups is 2. The highest BCUT2D eigenvalue weighted by Crippen LogP contribution is 2.43. The van der Waals surface area contributed by atoms with Crippen LogP contribution >= 0.6 is 34.9 Å². The number of amides is 1. The molecule has 4 rings (SSSR count). The van der Waals surface area contributed by atoms with Crippen LogP contribution in [-0.4, -0.2) is 27.1 Å². The van der Waals surface area contributed by atoms with E-state index in [1.54, 1.807) is 0 Å². The number of nitrogens with one attached hydrogen (secondary N) is 1. The molecule has 3 heterocycles. The Morgan fingerprint density at radius 3 is 2.70 bits per heavy atom. The fraction of sp³-hybridized carbons (Fsp3) is 0.316. The van der Waals surface area contributed by atoms with Crippen LogP contribution in [-0.2, 0) is 6.42 Å². The smallest absolute Gasteiger partial charge is 0.267 e. The number of benzene rings is 1. The van der Waals surface area contributed by atoms with Crippen LogP contribution < -0.4 is 11.0 Å². The molecule has 1 aromatic carbocycles. The van der Waals surface area contributed by atoms with E-state index in [9.17, 15) is 9.59 Å². The Morgan fingerprint density at radius 1 is 1.26 bits per heavy atom. The van der Waals surface area contributed by atoms with Crippen molar-refractivity contribution in [2.75, 3.05) is 16.9 Å². The van der Waals surface area contributed by atoms with E-state index >= 15 is 0 Å². The van der Waals surface area contributed by atoms with Crippen LogP contribution in [0.1, 0.15) is 38.7 Å². The van der Waals surface area contributed by atoms with Gasteiger partial charge in [0.1, 0.15) is 11.2 Å². The van der Waals surface area contributed by atoms with Gasteiger partial charge in [0.25, 0.3) is 11.5 Å². The third-order valence-corrected chi connectivity index (χ3v) is 8.55. The lowest BCUT2D eigenvalue weighted by Gasteiger charge is -2.21. The number of carbonyl (C=O) groups is 1. The average Bonchev–Trinajstić information content (AvgIpc) is 3.15. The van der Waals surface area contributed by atoms with Gasteiger partial charge in [-0.2, -0.15) is 0 Å². The number of hydrogen-bond donors (Lipinski definition) is 1. The molecule has 1 aliphatic rings. The highest BCUT2D eigenvalue weighted by Gasteiger charge is 2.17. The molecule has 0 spiro atoms. The van der Waals surface area contributed by atoms with Gasteiger partial charge in [0.2, 0.25) is 0 Å². The van der Waals surface area contributed by atoms with Gasteiger partial charge in [0.05, 0.1) is 9.97 Å². The minimum Gasteiger partial charge on any atom is -0.267 e. The molecule has 0 aliphatic carbocycles. The monoisotopic (exact) mass is 417 g/mol. The van der Waals surface area contributed by atoms with Gasteiger partial charge in [-0.1, -0.05) is 19.1 Å². The first kappa shape index (κ1) is 18.6. The number of aryl methyl sites for hydroxylation is 1. The molecule has 0 unspecified atom stereocenters. The molecular formula is C19H19N3O2S3. The Labute approximate surface area is 169 Å². The molecule has 0 radical (unpaired) electrons. The van der Waals surface area contributed by atoms with Crippen LogP contribution in [0.25, 0.3) is 10.2 Å². The number of thiophene rings is 1. The molecule has 8 heteroatoms. The van der Waals surface area contributed by atoms with Gasteiger partial charge >= 0.3 is 0 Å². The molecule has 1 saturated heterocycles. The lowest BCUT2D eigenvalue weighted by atomic mass is 10.1. The maximum absolute atomic E-state index is 12.6. The van der Waals surface area contributed by atoms with Gasteiger partial charge in [-0.05, 0) is 48.1 Å². The van der Waals surface area contributed by atoms with Crippen molar-refractivity contribution in [1.82, 2.24) is 9.66 Å². The Kier molecular flexibility index (Phi) is 5.56. The SMILES string of the molecule is CCc1cc2c(=O)n(NC(=O)c3ccc(C4SCCCS4)cc3)cnc2s1. The summed E-state index contributed by atoms with van der Waals surface area (Å²) in [5.74, 6) is 2.04. The molecule has 1 fully saturated rings. The summed E-state index contributed by atoms with van der Waals surface area (Å²) in [6, 6.07) is 9.49. The maximum Gasteiger partial charge on any atom is 0.280 e. The van der Waals surface area contributed by atoms with Gasteiger partial charge in [-0.25, -0.2) is 9.66 Å². The van der Waals surface area contributed by atoms with E-state index in [0.29, 0.717) is 20.4 Å². The molecule has 140 valence electrons. The first-order valence-electron chi connectivity index (χ1n) is 8.80. The maximum atomic E-state index is 12.6. The number of fused-ring (bicyclic) bond motifs is 1. The predicted molar refractivity (Wildman–Crippen MR) is 116 cm³/mol. The lowest BCUT2D eigenvalue weighted by molar-refractivity contribution is 0.101. The topological polar surface area (TPSA) is 64.0 Å². The van der Waals surface area contributed by atoms with E-state index in [0.717, 1.165) is 16.0 Å². The van der Waals surface area contributed by atoms with E-state index in [1.807, 2.05) is 60.8 Å². The van der Waals surface area contributed by atoms with Gasteiger partial charge in [0.15, 0.2) is 0 Å². The minimum absolute atomic E-state index is 0.254. The zero-order chi connectivity index (χ0) is 18.8. The van der Waals surface area contributed by atoms with Crippen LogP contribution in [0.5, 0.6) is 0 Å². The quantitative estimate of drug-likeness (QED) is 0.687. The molecule has 1 amide bonds. The van der Waals surface area contributed by atoms with Gasteiger partial charge in [0, 0.05) is 10.4 Å². The first-order valence-corrected chi connectivity index (χ1v) is 11.7. The third kappa shape index (κ3) is 3.93. The molecular weight excluding hydrogens is 398 g/mol. The van der Waals surface area contributed by atoms with Gasteiger partial charge in [-0.15, -0.1) is 34.9 Å². The number of rotatable bonds is 4. The van der Waals surface area contributed by atoms with Crippen molar-refractivity contribution in [3.8, 4) is 0 Å². The summed E-state index contributed by atoms with van der Waals surface area (Å²) in [5.41, 5.74) is 4.14. The lowest BCUT2D eigenvalue weighted by Crippen LogP contribution is -2.33. The standard InChI is InChI=1S/C19H19N3O2S3/c1-2-14-10-15-17(27-14)20-11-22(18(15)24)21-16(23)12-4-6-13(7-5-12)19-25-8-3-9-26-19/h4-7,10-11,19H,2-3,8-9H2,1H3,(H,21,23). The van der Waals surface area contributed by atoms with E-state index in [4.69, 9.17) is 0 Å². The van der Waals surface area contributed by atoms with Crippen molar-refractivity contribution in [3.05, 3.63) is 63.0 Å². The second-order valence-corrected chi connectivity index (χ2v) is 10.0. The normalized spacial score (nSPS) is 15.1. The van der Waals surface area contributed by atoms with Crippen molar-refractivity contribution in [2.24, 2.45) is 0 Å². The highest BCUT2D eigenvalue weighted by atomic mass is 32.2. The van der Waals surface area contributed by atoms with Crippen LogP contribution in [0.2, 0.25) is 0 Å². The molecule has 1 aliphatic heterocycles.